The molecule has 5 rings (SSSR count). The first-order chi connectivity index (χ1) is 16.9. The van der Waals surface area contributed by atoms with Gasteiger partial charge in [0.25, 0.3) is 0 Å². The van der Waals surface area contributed by atoms with Crippen molar-refractivity contribution in [2.24, 2.45) is 23.2 Å². The third-order valence-electron chi connectivity index (χ3n) is 7.99. The van der Waals surface area contributed by atoms with Crippen LogP contribution in [-0.4, -0.2) is 44.7 Å². The third kappa shape index (κ3) is 4.42. The van der Waals surface area contributed by atoms with E-state index in [1.165, 1.54) is 5.56 Å². The summed E-state index contributed by atoms with van der Waals surface area (Å²) >= 11 is 6.00. The first-order valence-corrected chi connectivity index (χ1v) is 12.7. The minimum Gasteiger partial charge on any atom is -0.493 e. The lowest BCUT2D eigenvalue weighted by Gasteiger charge is -2.29. The van der Waals surface area contributed by atoms with E-state index in [1.807, 2.05) is 30.3 Å². The average Bonchev–Trinajstić information content (AvgIpc) is 3.51. The highest BCUT2D eigenvalue weighted by atomic mass is 35.5. The van der Waals surface area contributed by atoms with Crippen LogP contribution in [0.3, 0.4) is 0 Å². The standard InChI is InChI=1S/C29H33ClN2O3/c1-19(31-14-11-20-4-7-23(30)8-5-20)26-22-10-13-29(17-22)18-32(28(33)27(26)29)15-12-21-6-9-24(34-2)25(16-21)35-3/h4-10,13,16,22,26-27,31H,1,11-12,14-15,17-18H2,2-3H3. The highest BCUT2D eigenvalue weighted by molar-refractivity contribution is 6.30. The number of nitrogens with zero attached hydrogens (tertiary/aromatic N) is 1. The number of benzene rings is 2. The SMILES string of the molecule is C=C(NCCc1ccc(Cl)cc1)C1C2C=CC3(C2)CN(CCc2ccc(OC)c(OC)c2)C(=O)C13. The summed E-state index contributed by atoms with van der Waals surface area (Å²) in [6.07, 6.45) is 7.35. The summed E-state index contributed by atoms with van der Waals surface area (Å²) in [5.41, 5.74) is 3.31. The first-order valence-electron chi connectivity index (χ1n) is 12.3. The van der Waals surface area contributed by atoms with Gasteiger partial charge >= 0.3 is 0 Å². The zero-order valence-electron chi connectivity index (χ0n) is 20.4. The third-order valence-corrected chi connectivity index (χ3v) is 8.25. The largest absolute Gasteiger partial charge is 0.493 e. The lowest BCUT2D eigenvalue weighted by molar-refractivity contribution is -0.132. The van der Waals surface area contributed by atoms with Gasteiger partial charge in [0.15, 0.2) is 11.5 Å². The van der Waals surface area contributed by atoms with Gasteiger partial charge in [-0.2, -0.15) is 0 Å². The molecule has 0 aromatic heterocycles. The molecule has 4 unspecified atom stereocenters. The average molecular weight is 493 g/mol. The lowest BCUT2D eigenvalue weighted by atomic mass is 9.75. The summed E-state index contributed by atoms with van der Waals surface area (Å²) in [4.78, 5) is 15.7. The molecule has 1 amide bonds. The lowest BCUT2D eigenvalue weighted by Crippen LogP contribution is -2.36. The van der Waals surface area contributed by atoms with Crippen LogP contribution in [0.15, 0.2) is 66.9 Å². The van der Waals surface area contributed by atoms with Crippen molar-refractivity contribution in [1.82, 2.24) is 10.2 Å². The molecular weight excluding hydrogens is 460 g/mol. The molecule has 1 heterocycles. The van der Waals surface area contributed by atoms with Crippen molar-refractivity contribution in [3.05, 3.63) is 83.0 Å². The predicted octanol–water partition coefficient (Wildman–Crippen LogP) is 4.90. The number of rotatable bonds is 10. The van der Waals surface area contributed by atoms with E-state index in [0.717, 1.165) is 54.4 Å². The maximum absolute atomic E-state index is 13.6. The number of halogens is 1. The molecule has 2 aliphatic carbocycles. The first kappa shape index (κ1) is 23.8. The molecule has 2 aromatic rings. The number of ether oxygens (including phenoxy) is 2. The van der Waals surface area contributed by atoms with E-state index in [2.05, 4.69) is 41.1 Å². The molecule has 1 spiro atoms. The monoisotopic (exact) mass is 492 g/mol. The smallest absolute Gasteiger partial charge is 0.227 e. The number of hydrogen-bond donors (Lipinski definition) is 1. The fourth-order valence-corrected chi connectivity index (χ4v) is 6.43. The van der Waals surface area contributed by atoms with E-state index in [-0.39, 0.29) is 23.2 Å². The van der Waals surface area contributed by atoms with Gasteiger partial charge in [0, 0.05) is 41.7 Å². The Balaban J connectivity index is 1.22. The van der Waals surface area contributed by atoms with Gasteiger partial charge in [0.2, 0.25) is 5.91 Å². The maximum Gasteiger partial charge on any atom is 0.227 e. The van der Waals surface area contributed by atoms with Crippen molar-refractivity contribution in [2.75, 3.05) is 33.9 Å². The topological polar surface area (TPSA) is 50.8 Å². The van der Waals surface area contributed by atoms with Crippen molar-refractivity contribution >= 4 is 17.5 Å². The number of carbonyl (C=O) groups is 1. The Morgan fingerprint density at radius 2 is 1.86 bits per heavy atom. The minimum atomic E-state index is -0.0508. The van der Waals surface area contributed by atoms with Gasteiger partial charge in [-0.05, 0) is 60.6 Å². The molecule has 5 nitrogen and oxygen atoms in total. The second-order valence-corrected chi connectivity index (χ2v) is 10.4. The maximum atomic E-state index is 13.6. The van der Waals surface area contributed by atoms with Gasteiger partial charge in [0.1, 0.15) is 0 Å². The summed E-state index contributed by atoms with van der Waals surface area (Å²) in [7, 11) is 3.28. The Morgan fingerprint density at radius 3 is 2.60 bits per heavy atom. The van der Waals surface area contributed by atoms with Crippen LogP contribution in [0.25, 0.3) is 0 Å². The molecular formula is C29H33ClN2O3. The molecule has 1 saturated heterocycles. The van der Waals surface area contributed by atoms with Crippen molar-refractivity contribution in [2.45, 2.75) is 19.3 Å². The zero-order valence-corrected chi connectivity index (χ0v) is 21.2. The van der Waals surface area contributed by atoms with Crippen LogP contribution < -0.4 is 14.8 Å². The Hall–Kier alpha value is -2.92. The number of likely N-dealkylation sites (tertiary alicyclic amines) is 1. The van der Waals surface area contributed by atoms with Crippen LogP contribution in [0.2, 0.25) is 5.02 Å². The minimum absolute atomic E-state index is 0.0153. The van der Waals surface area contributed by atoms with Crippen molar-refractivity contribution in [1.29, 1.82) is 0 Å². The molecule has 2 aromatic carbocycles. The number of methoxy groups -OCH3 is 2. The molecule has 4 atom stereocenters. The van der Waals surface area contributed by atoms with Gasteiger partial charge in [-0.1, -0.05) is 48.5 Å². The van der Waals surface area contributed by atoms with Crippen molar-refractivity contribution < 1.29 is 14.3 Å². The van der Waals surface area contributed by atoms with Gasteiger partial charge in [-0.15, -0.1) is 0 Å². The summed E-state index contributed by atoms with van der Waals surface area (Å²) in [5, 5.41) is 4.29. The van der Waals surface area contributed by atoms with E-state index in [9.17, 15) is 4.79 Å². The van der Waals surface area contributed by atoms with E-state index < -0.39 is 0 Å². The number of amides is 1. The van der Waals surface area contributed by atoms with Gasteiger partial charge in [-0.25, -0.2) is 0 Å². The molecule has 3 aliphatic rings. The Kier molecular flexibility index (Phi) is 6.54. The predicted molar refractivity (Wildman–Crippen MR) is 139 cm³/mol. The number of hydrogen-bond acceptors (Lipinski definition) is 4. The quantitative estimate of drug-likeness (QED) is 0.479. The fraction of sp³-hybridized carbons (Fsp3) is 0.414. The van der Waals surface area contributed by atoms with E-state index in [0.29, 0.717) is 18.2 Å². The molecule has 35 heavy (non-hydrogen) atoms. The highest BCUT2D eigenvalue weighted by Gasteiger charge is 2.63. The zero-order chi connectivity index (χ0) is 24.6. The molecule has 6 heteroatoms. The van der Waals surface area contributed by atoms with Gasteiger partial charge < -0.3 is 19.7 Å². The van der Waals surface area contributed by atoms with Crippen LogP contribution in [0.4, 0.5) is 0 Å². The summed E-state index contributed by atoms with van der Waals surface area (Å²) in [6, 6.07) is 13.9. The summed E-state index contributed by atoms with van der Waals surface area (Å²) in [6.45, 7) is 6.68. The second-order valence-electron chi connectivity index (χ2n) is 9.99. The van der Waals surface area contributed by atoms with Gasteiger partial charge in [-0.3, -0.25) is 4.79 Å². The van der Waals surface area contributed by atoms with Crippen LogP contribution >= 0.6 is 11.6 Å². The summed E-state index contributed by atoms with van der Waals surface area (Å²) < 4.78 is 10.8. The van der Waals surface area contributed by atoms with Crippen LogP contribution in [0.5, 0.6) is 11.5 Å². The number of nitrogens with one attached hydrogen (secondary N) is 1. The Morgan fingerprint density at radius 1 is 1.11 bits per heavy atom. The number of carbonyl (C=O) groups excluding carboxylic acids is 1. The fourth-order valence-electron chi connectivity index (χ4n) is 6.30. The van der Waals surface area contributed by atoms with E-state index in [4.69, 9.17) is 21.1 Å². The van der Waals surface area contributed by atoms with Crippen LogP contribution in [0, 0.1) is 23.2 Å². The van der Waals surface area contributed by atoms with Crippen molar-refractivity contribution in [3.8, 4) is 11.5 Å². The molecule has 184 valence electrons. The summed E-state index contributed by atoms with van der Waals surface area (Å²) in [5.74, 6) is 2.24. The molecule has 2 bridgehead atoms. The van der Waals surface area contributed by atoms with E-state index in [1.54, 1.807) is 14.2 Å². The van der Waals surface area contributed by atoms with Crippen LogP contribution in [-0.2, 0) is 17.6 Å². The highest BCUT2D eigenvalue weighted by Crippen LogP contribution is 2.61. The second kappa shape index (κ2) is 9.62. The molecule has 2 fully saturated rings. The molecule has 1 aliphatic heterocycles. The van der Waals surface area contributed by atoms with Crippen molar-refractivity contribution in [3.63, 3.8) is 0 Å². The number of allylic oxidation sites excluding steroid dienone is 2. The van der Waals surface area contributed by atoms with Gasteiger partial charge in [0.05, 0.1) is 20.1 Å². The normalized spacial score (nSPS) is 26.2. The van der Waals surface area contributed by atoms with Crippen LogP contribution in [0.1, 0.15) is 17.5 Å². The molecule has 0 radical (unpaired) electrons. The molecule has 1 N–H and O–H groups in total. The Labute approximate surface area is 212 Å². The molecule has 1 saturated carbocycles. The number of fused-ring (bicyclic) bond motifs is 1. The van der Waals surface area contributed by atoms with E-state index >= 15 is 0 Å². The Bertz CT molecular complexity index is 1150.